The van der Waals surface area contributed by atoms with Gasteiger partial charge in [0.25, 0.3) is 0 Å². The lowest BCUT2D eigenvalue weighted by Crippen LogP contribution is -2.20. The zero-order valence-electron chi connectivity index (χ0n) is 18.5. The molecule has 1 aliphatic rings. The Morgan fingerprint density at radius 2 is 1.75 bits per heavy atom. The van der Waals surface area contributed by atoms with Gasteiger partial charge >= 0.3 is 6.36 Å². The van der Waals surface area contributed by atoms with Gasteiger partial charge in [-0.05, 0) is 85.3 Å². The number of unbranched alkanes of at least 4 members (excludes halogenated alkanes) is 4. The number of ether oxygens (including phenoxy) is 1. The first-order chi connectivity index (χ1) is 15.3. The van der Waals surface area contributed by atoms with Crippen molar-refractivity contribution in [1.29, 1.82) is 0 Å². The first kappa shape index (κ1) is 24.5. The maximum atomic E-state index is 14.6. The van der Waals surface area contributed by atoms with Gasteiger partial charge in [-0.2, -0.15) is 0 Å². The van der Waals surface area contributed by atoms with Crippen molar-refractivity contribution >= 4 is 0 Å². The predicted molar refractivity (Wildman–Crippen MR) is 116 cm³/mol. The number of hydrogen-bond donors (Lipinski definition) is 0. The molecule has 0 aromatic heterocycles. The summed E-state index contributed by atoms with van der Waals surface area (Å²) in [6.07, 6.45) is 4.86. The van der Waals surface area contributed by atoms with Gasteiger partial charge in [-0.25, -0.2) is 8.78 Å². The van der Waals surface area contributed by atoms with Crippen LogP contribution in [0.5, 0.6) is 5.75 Å². The van der Waals surface area contributed by atoms with Crippen LogP contribution in [-0.4, -0.2) is 6.36 Å². The van der Waals surface area contributed by atoms with E-state index in [2.05, 4.69) is 11.7 Å². The van der Waals surface area contributed by atoms with Gasteiger partial charge in [0.05, 0.1) is 0 Å². The SMILES string of the molecule is CCCCCCCc1ccc(CCC2CCc3c(ccc(OC(F)(F)F)c3F)C2)c(F)c1. The van der Waals surface area contributed by atoms with Crippen LogP contribution >= 0.6 is 0 Å². The second-order valence-corrected chi connectivity index (χ2v) is 8.80. The summed E-state index contributed by atoms with van der Waals surface area (Å²) in [4.78, 5) is 0. The van der Waals surface area contributed by atoms with Crippen LogP contribution in [0.2, 0.25) is 0 Å². The van der Waals surface area contributed by atoms with E-state index in [4.69, 9.17) is 0 Å². The average molecular weight is 455 g/mol. The second-order valence-electron chi connectivity index (χ2n) is 8.80. The van der Waals surface area contributed by atoms with Crippen LogP contribution in [0.1, 0.15) is 74.1 Å². The van der Waals surface area contributed by atoms with Gasteiger partial charge in [-0.1, -0.05) is 50.8 Å². The standard InChI is InChI=1S/C26H31F5O/c1-2-3-4-5-6-7-18-8-11-20(23(27)17-18)12-9-19-10-14-22-21(16-19)13-15-24(25(22)28)32-26(29,30)31/h8,11,13,15,17,19H,2-7,9-10,12,14,16H2,1H3. The van der Waals surface area contributed by atoms with E-state index in [1.165, 1.54) is 31.7 Å². The molecular formula is C26H31F5O. The monoisotopic (exact) mass is 454 g/mol. The molecule has 0 N–H and O–H groups in total. The summed E-state index contributed by atoms with van der Waals surface area (Å²) >= 11 is 0. The Balaban J connectivity index is 1.53. The summed E-state index contributed by atoms with van der Waals surface area (Å²) in [5.74, 6) is -1.63. The van der Waals surface area contributed by atoms with Gasteiger partial charge in [-0.3, -0.25) is 0 Å². The number of fused-ring (bicyclic) bond motifs is 1. The number of alkyl halides is 3. The molecule has 176 valence electrons. The minimum atomic E-state index is -4.92. The summed E-state index contributed by atoms with van der Waals surface area (Å²) < 4.78 is 70.0. The first-order valence-electron chi connectivity index (χ1n) is 11.6. The van der Waals surface area contributed by atoms with E-state index >= 15 is 0 Å². The summed E-state index contributed by atoms with van der Waals surface area (Å²) in [5, 5.41) is 0. The first-order valence-corrected chi connectivity index (χ1v) is 11.6. The molecule has 0 bridgehead atoms. The average Bonchev–Trinajstić information content (AvgIpc) is 2.74. The lowest BCUT2D eigenvalue weighted by molar-refractivity contribution is -0.275. The molecule has 0 spiro atoms. The molecule has 0 radical (unpaired) electrons. The normalized spacial score (nSPS) is 16.1. The van der Waals surface area contributed by atoms with Crippen LogP contribution < -0.4 is 4.74 Å². The highest BCUT2D eigenvalue weighted by molar-refractivity contribution is 5.39. The molecule has 1 nitrogen and oxygen atoms in total. The molecule has 0 heterocycles. The highest BCUT2D eigenvalue weighted by Crippen LogP contribution is 2.35. The van der Waals surface area contributed by atoms with E-state index in [-0.39, 0.29) is 11.7 Å². The van der Waals surface area contributed by atoms with Crippen molar-refractivity contribution in [3.63, 3.8) is 0 Å². The Morgan fingerprint density at radius 3 is 2.47 bits per heavy atom. The number of benzene rings is 2. The van der Waals surface area contributed by atoms with Crippen molar-refractivity contribution in [2.24, 2.45) is 5.92 Å². The van der Waals surface area contributed by atoms with E-state index < -0.39 is 17.9 Å². The fourth-order valence-corrected chi connectivity index (χ4v) is 4.55. The Hall–Kier alpha value is -2.11. The minimum absolute atomic E-state index is 0.174. The lowest BCUT2D eigenvalue weighted by atomic mass is 9.80. The summed E-state index contributed by atoms with van der Waals surface area (Å²) in [5.41, 5.74) is 2.73. The predicted octanol–water partition coefficient (Wildman–Crippen LogP) is 8.11. The van der Waals surface area contributed by atoms with Crippen LogP contribution in [0, 0.1) is 17.6 Å². The molecule has 6 heteroatoms. The van der Waals surface area contributed by atoms with Gasteiger partial charge in [0.15, 0.2) is 11.6 Å². The third-order valence-corrected chi connectivity index (χ3v) is 6.35. The lowest BCUT2D eigenvalue weighted by Gasteiger charge is -2.26. The second kappa shape index (κ2) is 11.2. The molecule has 2 aromatic carbocycles. The van der Waals surface area contributed by atoms with E-state index in [0.717, 1.165) is 30.9 Å². The van der Waals surface area contributed by atoms with Crippen LogP contribution in [0.4, 0.5) is 22.0 Å². The molecule has 2 aromatic rings. The summed E-state index contributed by atoms with van der Waals surface area (Å²) in [6, 6.07) is 8.08. The topological polar surface area (TPSA) is 9.23 Å². The third kappa shape index (κ3) is 6.94. The van der Waals surface area contributed by atoms with Crippen molar-refractivity contribution in [3.05, 3.63) is 64.2 Å². The molecule has 32 heavy (non-hydrogen) atoms. The van der Waals surface area contributed by atoms with Gasteiger partial charge in [0.1, 0.15) is 5.82 Å². The van der Waals surface area contributed by atoms with Crippen LogP contribution in [0.3, 0.4) is 0 Å². The molecule has 0 amide bonds. The smallest absolute Gasteiger partial charge is 0.403 e. The van der Waals surface area contributed by atoms with E-state index in [1.807, 2.05) is 12.1 Å². The van der Waals surface area contributed by atoms with E-state index in [9.17, 15) is 22.0 Å². The fraction of sp³-hybridized carbons (Fsp3) is 0.538. The Kier molecular flexibility index (Phi) is 8.55. The van der Waals surface area contributed by atoms with E-state index in [1.54, 1.807) is 6.07 Å². The highest BCUT2D eigenvalue weighted by atomic mass is 19.4. The number of aryl methyl sites for hydroxylation is 2. The molecule has 0 saturated heterocycles. The van der Waals surface area contributed by atoms with E-state index in [0.29, 0.717) is 42.4 Å². The quantitative estimate of drug-likeness (QED) is 0.260. The van der Waals surface area contributed by atoms with Crippen molar-refractivity contribution < 1.29 is 26.7 Å². The Labute approximate surface area is 187 Å². The molecule has 1 atom stereocenters. The minimum Gasteiger partial charge on any atom is -0.403 e. The molecule has 0 fully saturated rings. The summed E-state index contributed by atoms with van der Waals surface area (Å²) in [7, 11) is 0. The zero-order chi connectivity index (χ0) is 23.1. The molecule has 0 saturated carbocycles. The van der Waals surface area contributed by atoms with Crippen LogP contribution in [0.25, 0.3) is 0 Å². The largest absolute Gasteiger partial charge is 0.573 e. The van der Waals surface area contributed by atoms with Gasteiger partial charge < -0.3 is 4.74 Å². The van der Waals surface area contributed by atoms with Crippen LogP contribution in [0.15, 0.2) is 30.3 Å². The molecule has 0 aliphatic heterocycles. The molecular weight excluding hydrogens is 423 g/mol. The number of halogens is 5. The number of hydrogen-bond acceptors (Lipinski definition) is 1. The fourth-order valence-electron chi connectivity index (χ4n) is 4.55. The number of rotatable bonds is 10. The van der Waals surface area contributed by atoms with Gasteiger partial charge in [0, 0.05) is 0 Å². The van der Waals surface area contributed by atoms with Crippen molar-refractivity contribution in [2.45, 2.75) is 83.9 Å². The van der Waals surface area contributed by atoms with Gasteiger partial charge in [0.2, 0.25) is 0 Å². The Bertz CT molecular complexity index is 891. The van der Waals surface area contributed by atoms with Gasteiger partial charge in [-0.15, -0.1) is 13.2 Å². The zero-order valence-corrected chi connectivity index (χ0v) is 18.5. The highest BCUT2D eigenvalue weighted by Gasteiger charge is 2.33. The molecule has 1 aliphatic carbocycles. The third-order valence-electron chi connectivity index (χ3n) is 6.35. The van der Waals surface area contributed by atoms with Crippen molar-refractivity contribution in [1.82, 2.24) is 0 Å². The summed E-state index contributed by atoms with van der Waals surface area (Å²) in [6.45, 7) is 2.18. The maximum Gasteiger partial charge on any atom is 0.573 e. The maximum absolute atomic E-state index is 14.6. The molecule has 3 rings (SSSR count). The van der Waals surface area contributed by atoms with Crippen molar-refractivity contribution in [3.8, 4) is 5.75 Å². The van der Waals surface area contributed by atoms with Crippen LogP contribution in [-0.2, 0) is 25.7 Å². The van der Waals surface area contributed by atoms with Crippen molar-refractivity contribution in [2.75, 3.05) is 0 Å². The Morgan fingerprint density at radius 1 is 0.969 bits per heavy atom. The molecule has 1 unspecified atom stereocenters.